The Kier molecular flexibility index (Phi) is 7.64. The number of anilines is 1. The molecule has 27 heavy (non-hydrogen) atoms. The van der Waals surface area contributed by atoms with Crippen LogP contribution in [0, 0.1) is 0 Å². The highest BCUT2D eigenvalue weighted by molar-refractivity contribution is 5.95. The third-order valence-electron chi connectivity index (χ3n) is 4.32. The average molecular weight is 390 g/mol. The molecular weight excluding hydrogens is 366 g/mol. The summed E-state index contributed by atoms with van der Waals surface area (Å²) >= 11 is 0. The van der Waals surface area contributed by atoms with Crippen LogP contribution in [0.15, 0.2) is 54.6 Å². The third-order valence-corrected chi connectivity index (χ3v) is 4.32. The Balaban J connectivity index is 0.00000261. The van der Waals surface area contributed by atoms with Crippen LogP contribution in [0.2, 0.25) is 0 Å². The number of carbonyl (C=O) groups is 2. The van der Waals surface area contributed by atoms with Crippen molar-refractivity contribution in [1.82, 2.24) is 5.32 Å². The first-order chi connectivity index (χ1) is 12.6. The molecule has 0 bridgehead atoms. The quantitative estimate of drug-likeness (QED) is 0.761. The van der Waals surface area contributed by atoms with Gasteiger partial charge in [-0.1, -0.05) is 36.4 Å². The summed E-state index contributed by atoms with van der Waals surface area (Å²) in [6.45, 7) is 0.966. The summed E-state index contributed by atoms with van der Waals surface area (Å²) in [5, 5.41) is 2.77. The van der Waals surface area contributed by atoms with E-state index in [1.165, 1.54) is 0 Å². The first-order valence-electron chi connectivity index (χ1n) is 8.74. The van der Waals surface area contributed by atoms with Gasteiger partial charge in [-0.25, -0.2) is 0 Å². The molecule has 6 nitrogen and oxygen atoms in total. The van der Waals surface area contributed by atoms with Crippen molar-refractivity contribution < 1.29 is 14.3 Å². The number of nitrogens with two attached hydrogens (primary N) is 1. The highest BCUT2D eigenvalue weighted by Gasteiger charge is 2.21. The maximum absolute atomic E-state index is 12.0. The Labute approximate surface area is 165 Å². The van der Waals surface area contributed by atoms with Gasteiger partial charge >= 0.3 is 0 Å². The lowest BCUT2D eigenvalue weighted by Crippen LogP contribution is -2.35. The number of amides is 2. The molecular formula is C20H24ClN3O3. The number of rotatable bonds is 7. The molecule has 1 aliphatic rings. The molecule has 0 aromatic heterocycles. The smallest absolute Gasteiger partial charge is 0.258 e. The fourth-order valence-corrected chi connectivity index (χ4v) is 2.90. The van der Waals surface area contributed by atoms with Crippen molar-refractivity contribution >= 4 is 29.9 Å². The summed E-state index contributed by atoms with van der Waals surface area (Å²) in [6, 6.07) is 16.6. The minimum absolute atomic E-state index is 0. The summed E-state index contributed by atoms with van der Waals surface area (Å²) in [4.78, 5) is 25.6. The van der Waals surface area contributed by atoms with E-state index in [0.29, 0.717) is 18.7 Å². The zero-order chi connectivity index (χ0) is 18.4. The SMILES string of the molecule is Cl.NC(CNC(=O)COc1cccc(N2CCCC2=O)c1)c1ccccc1. The van der Waals surface area contributed by atoms with E-state index in [1.807, 2.05) is 42.5 Å². The Morgan fingerprint density at radius 1 is 1.19 bits per heavy atom. The summed E-state index contributed by atoms with van der Waals surface area (Å²) in [5.41, 5.74) is 7.83. The molecule has 0 spiro atoms. The standard InChI is InChI=1S/C20H23N3O3.ClH/c21-18(15-6-2-1-3-7-15)13-22-19(24)14-26-17-9-4-8-16(12-17)23-11-5-10-20(23)25;/h1-4,6-9,12,18H,5,10-11,13-14,21H2,(H,22,24);1H. The van der Waals surface area contributed by atoms with E-state index in [9.17, 15) is 9.59 Å². The van der Waals surface area contributed by atoms with Crippen LogP contribution in [0.3, 0.4) is 0 Å². The van der Waals surface area contributed by atoms with Crippen molar-refractivity contribution in [3.63, 3.8) is 0 Å². The number of nitrogens with one attached hydrogen (secondary N) is 1. The van der Waals surface area contributed by atoms with E-state index in [2.05, 4.69) is 5.32 Å². The second-order valence-corrected chi connectivity index (χ2v) is 6.26. The number of benzene rings is 2. The lowest BCUT2D eigenvalue weighted by molar-refractivity contribution is -0.123. The molecule has 2 aromatic carbocycles. The first-order valence-corrected chi connectivity index (χ1v) is 8.74. The van der Waals surface area contributed by atoms with Crippen LogP contribution < -0.4 is 20.7 Å². The predicted molar refractivity (Wildman–Crippen MR) is 107 cm³/mol. The van der Waals surface area contributed by atoms with Crippen LogP contribution in [0.1, 0.15) is 24.4 Å². The summed E-state index contributed by atoms with van der Waals surface area (Å²) in [6.07, 6.45) is 1.45. The number of ether oxygens (including phenoxy) is 1. The van der Waals surface area contributed by atoms with Crippen molar-refractivity contribution in [1.29, 1.82) is 0 Å². The third kappa shape index (κ3) is 5.70. The second-order valence-electron chi connectivity index (χ2n) is 6.26. The van der Waals surface area contributed by atoms with Gasteiger partial charge in [0.05, 0.1) is 0 Å². The molecule has 1 fully saturated rings. The van der Waals surface area contributed by atoms with Crippen molar-refractivity contribution in [2.75, 3.05) is 24.6 Å². The van der Waals surface area contributed by atoms with Gasteiger partial charge in [0.25, 0.3) is 5.91 Å². The molecule has 3 N–H and O–H groups in total. The molecule has 0 aliphatic carbocycles. The van der Waals surface area contributed by atoms with E-state index >= 15 is 0 Å². The second kappa shape index (κ2) is 9.94. The molecule has 0 saturated carbocycles. The Bertz CT molecular complexity index is 770. The lowest BCUT2D eigenvalue weighted by Gasteiger charge is -2.17. The molecule has 0 radical (unpaired) electrons. The molecule has 1 atom stereocenters. The topological polar surface area (TPSA) is 84.7 Å². The molecule has 1 saturated heterocycles. The molecule has 1 aliphatic heterocycles. The van der Waals surface area contributed by atoms with Crippen molar-refractivity contribution in [2.45, 2.75) is 18.9 Å². The zero-order valence-electron chi connectivity index (χ0n) is 15.0. The van der Waals surface area contributed by atoms with Gasteiger partial charge < -0.3 is 20.7 Å². The molecule has 2 aromatic rings. The molecule has 3 rings (SSSR count). The van der Waals surface area contributed by atoms with Gasteiger partial charge in [0.2, 0.25) is 5.91 Å². The lowest BCUT2D eigenvalue weighted by atomic mass is 10.1. The van der Waals surface area contributed by atoms with E-state index in [0.717, 1.165) is 24.2 Å². The van der Waals surface area contributed by atoms with E-state index in [4.69, 9.17) is 10.5 Å². The van der Waals surface area contributed by atoms with Crippen LogP contribution in [0.5, 0.6) is 5.75 Å². The van der Waals surface area contributed by atoms with Gasteiger partial charge in [0.1, 0.15) is 5.75 Å². The normalized spacial score (nSPS) is 14.4. The van der Waals surface area contributed by atoms with Gasteiger partial charge in [-0.2, -0.15) is 0 Å². The van der Waals surface area contributed by atoms with Gasteiger partial charge in [-0.05, 0) is 24.1 Å². The molecule has 1 heterocycles. The zero-order valence-corrected chi connectivity index (χ0v) is 15.8. The molecule has 1 unspecified atom stereocenters. The van der Waals surface area contributed by atoms with E-state index in [1.54, 1.807) is 17.0 Å². The van der Waals surface area contributed by atoms with Crippen molar-refractivity contribution in [3.05, 3.63) is 60.2 Å². The van der Waals surface area contributed by atoms with Gasteiger partial charge in [0.15, 0.2) is 6.61 Å². The Morgan fingerprint density at radius 2 is 1.96 bits per heavy atom. The highest BCUT2D eigenvalue weighted by Crippen LogP contribution is 2.25. The van der Waals surface area contributed by atoms with Gasteiger partial charge in [0, 0.05) is 37.3 Å². The Hall–Kier alpha value is -2.57. The maximum atomic E-state index is 12.0. The molecule has 7 heteroatoms. The minimum Gasteiger partial charge on any atom is -0.484 e. The molecule has 144 valence electrons. The Morgan fingerprint density at radius 3 is 2.67 bits per heavy atom. The first kappa shape index (κ1) is 20.7. The van der Waals surface area contributed by atoms with Crippen molar-refractivity contribution in [2.24, 2.45) is 5.73 Å². The average Bonchev–Trinajstić information content (AvgIpc) is 3.11. The predicted octanol–water partition coefficient (Wildman–Crippen LogP) is 2.43. The number of hydrogen-bond donors (Lipinski definition) is 2. The van der Waals surface area contributed by atoms with Crippen LogP contribution >= 0.6 is 12.4 Å². The van der Waals surface area contributed by atoms with Crippen LogP contribution in [0.4, 0.5) is 5.69 Å². The number of carbonyl (C=O) groups excluding carboxylic acids is 2. The number of hydrogen-bond acceptors (Lipinski definition) is 4. The van der Waals surface area contributed by atoms with E-state index < -0.39 is 0 Å². The highest BCUT2D eigenvalue weighted by atomic mass is 35.5. The minimum atomic E-state index is -0.260. The fourth-order valence-electron chi connectivity index (χ4n) is 2.90. The van der Waals surface area contributed by atoms with E-state index in [-0.39, 0.29) is 36.9 Å². The molecule has 2 amide bonds. The van der Waals surface area contributed by atoms with Crippen molar-refractivity contribution in [3.8, 4) is 5.75 Å². The number of nitrogens with zero attached hydrogens (tertiary/aromatic N) is 1. The fraction of sp³-hybridized carbons (Fsp3) is 0.300. The maximum Gasteiger partial charge on any atom is 0.258 e. The van der Waals surface area contributed by atoms with Gasteiger partial charge in [-0.15, -0.1) is 12.4 Å². The van der Waals surface area contributed by atoms with Crippen LogP contribution in [-0.4, -0.2) is 31.5 Å². The largest absolute Gasteiger partial charge is 0.484 e. The van der Waals surface area contributed by atoms with Crippen LogP contribution in [-0.2, 0) is 9.59 Å². The summed E-state index contributed by atoms with van der Waals surface area (Å²) in [7, 11) is 0. The number of halogens is 1. The van der Waals surface area contributed by atoms with Gasteiger partial charge in [-0.3, -0.25) is 9.59 Å². The summed E-state index contributed by atoms with van der Waals surface area (Å²) < 4.78 is 5.55. The summed E-state index contributed by atoms with van der Waals surface area (Å²) in [5.74, 6) is 0.443. The monoisotopic (exact) mass is 389 g/mol. The van der Waals surface area contributed by atoms with Crippen LogP contribution in [0.25, 0.3) is 0 Å².